The lowest BCUT2D eigenvalue weighted by molar-refractivity contribution is 0.0240. The summed E-state index contributed by atoms with van der Waals surface area (Å²) < 4.78 is 19.1. The SMILES string of the molecule is CC(C)(C)[Si](OCCC[C@@H](CCCCCCCCCCOCc1ccccc1)OC(=O)c1ccccc1)(c1ccccc1)c1ccccc1. The van der Waals surface area contributed by atoms with Crippen LogP contribution in [0.5, 0.6) is 0 Å². The normalized spacial score (nSPS) is 12.5. The van der Waals surface area contributed by atoms with Crippen LogP contribution >= 0.6 is 0 Å². The second kappa shape index (κ2) is 20.9. The Morgan fingerprint density at radius 2 is 1.04 bits per heavy atom. The zero-order valence-electron chi connectivity index (χ0n) is 30.2. The van der Waals surface area contributed by atoms with Gasteiger partial charge in [-0.3, -0.25) is 0 Å². The molecule has 4 aromatic rings. The Labute approximate surface area is 297 Å². The van der Waals surface area contributed by atoms with Crippen LogP contribution in [0.15, 0.2) is 121 Å². The maximum atomic E-state index is 13.1. The summed E-state index contributed by atoms with van der Waals surface area (Å²) in [5, 5.41) is 2.51. The molecule has 0 aliphatic rings. The van der Waals surface area contributed by atoms with Crippen LogP contribution in [0.4, 0.5) is 0 Å². The van der Waals surface area contributed by atoms with Crippen molar-refractivity contribution in [2.75, 3.05) is 13.2 Å². The first kappa shape index (κ1) is 38.3. The fourth-order valence-corrected chi connectivity index (χ4v) is 11.4. The van der Waals surface area contributed by atoms with Crippen molar-refractivity contribution in [1.29, 1.82) is 0 Å². The Kier molecular flexibility index (Phi) is 16.3. The van der Waals surface area contributed by atoms with Crippen LogP contribution in [-0.2, 0) is 20.5 Å². The number of carbonyl (C=O) groups is 1. The number of benzene rings is 4. The first-order chi connectivity index (χ1) is 23.9. The van der Waals surface area contributed by atoms with E-state index in [0.717, 1.165) is 45.1 Å². The molecule has 4 aromatic carbocycles. The highest BCUT2D eigenvalue weighted by Crippen LogP contribution is 2.37. The lowest BCUT2D eigenvalue weighted by Crippen LogP contribution is -2.66. The van der Waals surface area contributed by atoms with Crippen molar-refractivity contribution < 1.29 is 18.7 Å². The van der Waals surface area contributed by atoms with Crippen molar-refractivity contribution in [3.63, 3.8) is 0 Å². The van der Waals surface area contributed by atoms with E-state index in [1.54, 1.807) is 0 Å². The van der Waals surface area contributed by atoms with Gasteiger partial charge in [-0.15, -0.1) is 0 Å². The van der Waals surface area contributed by atoms with E-state index >= 15 is 0 Å². The lowest BCUT2D eigenvalue weighted by Gasteiger charge is -2.43. The summed E-state index contributed by atoms with van der Waals surface area (Å²) in [4.78, 5) is 13.1. The Bertz CT molecular complexity index is 1400. The molecule has 0 aliphatic carbocycles. The third-order valence-electron chi connectivity index (χ3n) is 9.37. The van der Waals surface area contributed by atoms with Crippen LogP contribution in [0.25, 0.3) is 0 Å². The van der Waals surface area contributed by atoms with Gasteiger partial charge in [0.05, 0.1) is 12.2 Å². The second-order valence-corrected chi connectivity index (χ2v) is 18.5. The van der Waals surface area contributed by atoms with Crippen molar-refractivity contribution >= 4 is 24.7 Å². The first-order valence-corrected chi connectivity index (χ1v) is 20.4. The second-order valence-electron chi connectivity index (χ2n) is 14.2. The largest absolute Gasteiger partial charge is 0.459 e. The highest BCUT2D eigenvalue weighted by molar-refractivity contribution is 6.99. The minimum absolute atomic E-state index is 0.0645. The van der Waals surface area contributed by atoms with E-state index in [-0.39, 0.29) is 17.1 Å². The molecule has 0 unspecified atom stereocenters. The maximum Gasteiger partial charge on any atom is 0.338 e. The van der Waals surface area contributed by atoms with Gasteiger partial charge >= 0.3 is 5.97 Å². The van der Waals surface area contributed by atoms with Crippen LogP contribution in [0.1, 0.15) is 107 Å². The monoisotopic (exact) mass is 678 g/mol. The molecule has 0 fully saturated rings. The molecule has 0 aliphatic heterocycles. The fraction of sp³-hybridized carbons (Fsp3) is 0.432. The average Bonchev–Trinajstić information content (AvgIpc) is 3.13. The molecule has 0 N–H and O–H groups in total. The fourth-order valence-electron chi connectivity index (χ4n) is 6.75. The molecule has 0 saturated carbocycles. The smallest absolute Gasteiger partial charge is 0.338 e. The summed E-state index contributed by atoms with van der Waals surface area (Å²) in [7, 11) is -2.59. The molecule has 0 radical (unpaired) electrons. The van der Waals surface area contributed by atoms with Crippen LogP contribution in [-0.4, -0.2) is 33.6 Å². The molecule has 0 bridgehead atoms. The molecule has 262 valence electrons. The van der Waals surface area contributed by atoms with Gasteiger partial charge in [0.2, 0.25) is 0 Å². The van der Waals surface area contributed by atoms with Crippen molar-refractivity contribution in [2.24, 2.45) is 0 Å². The summed E-state index contributed by atoms with van der Waals surface area (Å²) in [5.41, 5.74) is 1.85. The molecule has 49 heavy (non-hydrogen) atoms. The van der Waals surface area contributed by atoms with Gasteiger partial charge in [-0.05, 0) is 65.2 Å². The number of rotatable bonds is 22. The quantitative estimate of drug-likeness (QED) is 0.0472. The molecule has 4 nitrogen and oxygen atoms in total. The van der Waals surface area contributed by atoms with E-state index in [0.29, 0.717) is 18.8 Å². The highest BCUT2D eigenvalue weighted by Gasteiger charge is 2.50. The number of carbonyl (C=O) groups excluding carboxylic acids is 1. The van der Waals surface area contributed by atoms with Gasteiger partial charge in [0.25, 0.3) is 8.32 Å². The molecule has 0 heterocycles. The van der Waals surface area contributed by atoms with E-state index in [2.05, 4.69) is 106 Å². The average molecular weight is 679 g/mol. The Hall–Kier alpha value is -3.51. The minimum Gasteiger partial charge on any atom is -0.459 e. The Morgan fingerprint density at radius 3 is 1.59 bits per heavy atom. The van der Waals surface area contributed by atoms with Gasteiger partial charge < -0.3 is 13.9 Å². The number of esters is 1. The summed E-state index contributed by atoms with van der Waals surface area (Å²) in [6.07, 6.45) is 12.0. The molecule has 4 rings (SSSR count). The van der Waals surface area contributed by atoms with Crippen LogP contribution in [0.2, 0.25) is 5.04 Å². The van der Waals surface area contributed by atoms with E-state index in [9.17, 15) is 4.79 Å². The number of unbranched alkanes of at least 4 members (excludes halogenated alkanes) is 7. The lowest BCUT2D eigenvalue weighted by atomic mass is 10.0. The van der Waals surface area contributed by atoms with E-state index in [1.807, 2.05) is 36.4 Å². The van der Waals surface area contributed by atoms with Gasteiger partial charge in [0.15, 0.2) is 0 Å². The number of ether oxygens (including phenoxy) is 2. The van der Waals surface area contributed by atoms with Crippen LogP contribution < -0.4 is 10.4 Å². The maximum absolute atomic E-state index is 13.1. The summed E-state index contributed by atoms with van der Waals surface area (Å²) >= 11 is 0. The standard InChI is InChI=1S/C44H58O4Si/c1-44(2,3)49(41-31-19-12-20-32-41,42-33-21-13-22-34-42)47-36-24-30-40(48-43(45)39-27-16-11-17-28-39)29-18-8-6-4-5-7-9-23-35-46-37-38-25-14-10-15-26-38/h10-17,19-22,25-28,31-34,40H,4-9,18,23-24,29-30,35-37H2,1-3H3/t40-/m1/s1. The van der Waals surface area contributed by atoms with Gasteiger partial charge in [-0.2, -0.15) is 0 Å². The van der Waals surface area contributed by atoms with Gasteiger partial charge in [-0.25, -0.2) is 4.79 Å². The molecule has 1 atom stereocenters. The molecule has 0 amide bonds. The van der Waals surface area contributed by atoms with Crippen molar-refractivity contribution in [2.45, 2.75) is 109 Å². The minimum atomic E-state index is -2.59. The summed E-state index contributed by atoms with van der Waals surface area (Å²) in [5.74, 6) is -0.230. The van der Waals surface area contributed by atoms with Gasteiger partial charge in [0, 0.05) is 13.2 Å². The highest BCUT2D eigenvalue weighted by atomic mass is 28.4. The van der Waals surface area contributed by atoms with Gasteiger partial charge in [0.1, 0.15) is 6.10 Å². The zero-order valence-corrected chi connectivity index (χ0v) is 31.2. The van der Waals surface area contributed by atoms with Crippen LogP contribution in [0.3, 0.4) is 0 Å². The predicted molar refractivity (Wildman–Crippen MR) is 206 cm³/mol. The number of hydrogen-bond donors (Lipinski definition) is 0. The predicted octanol–water partition coefficient (Wildman–Crippen LogP) is 10.3. The summed E-state index contributed by atoms with van der Waals surface area (Å²) in [6.45, 7) is 9.10. The molecule has 5 heteroatoms. The first-order valence-electron chi connectivity index (χ1n) is 18.5. The van der Waals surface area contributed by atoms with Gasteiger partial charge in [-0.1, -0.05) is 168 Å². The summed E-state index contributed by atoms with van der Waals surface area (Å²) in [6, 6.07) is 41.3. The topological polar surface area (TPSA) is 44.8 Å². The molecule has 0 saturated heterocycles. The molecule has 0 aromatic heterocycles. The Balaban J connectivity index is 1.23. The van der Waals surface area contributed by atoms with E-state index in [1.165, 1.54) is 48.0 Å². The Morgan fingerprint density at radius 1 is 0.571 bits per heavy atom. The van der Waals surface area contributed by atoms with Crippen molar-refractivity contribution in [3.05, 3.63) is 132 Å². The van der Waals surface area contributed by atoms with E-state index < -0.39 is 8.32 Å². The van der Waals surface area contributed by atoms with E-state index in [4.69, 9.17) is 13.9 Å². The van der Waals surface area contributed by atoms with Crippen molar-refractivity contribution in [1.82, 2.24) is 0 Å². The molecule has 0 spiro atoms. The van der Waals surface area contributed by atoms with Crippen molar-refractivity contribution in [3.8, 4) is 0 Å². The van der Waals surface area contributed by atoms with Crippen LogP contribution in [0, 0.1) is 0 Å². The third kappa shape index (κ3) is 12.4. The molecular weight excluding hydrogens is 621 g/mol. The third-order valence-corrected chi connectivity index (χ3v) is 14.4. The molecular formula is C44H58O4Si. The number of hydrogen-bond acceptors (Lipinski definition) is 4. The zero-order chi connectivity index (χ0) is 34.6.